The molecule has 0 aliphatic rings. The summed E-state index contributed by atoms with van der Waals surface area (Å²) in [7, 11) is 1.53. The van der Waals surface area contributed by atoms with Gasteiger partial charge in [0.05, 0.1) is 13.7 Å². The Balaban J connectivity index is 2.49. The van der Waals surface area contributed by atoms with Gasteiger partial charge in [-0.2, -0.15) is 0 Å². The molecule has 0 aliphatic carbocycles. The highest BCUT2D eigenvalue weighted by molar-refractivity contribution is 5.78. The van der Waals surface area contributed by atoms with E-state index in [9.17, 15) is 4.79 Å². The van der Waals surface area contributed by atoms with E-state index in [0.29, 0.717) is 35.2 Å². The van der Waals surface area contributed by atoms with Gasteiger partial charge in [-0.05, 0) is 37.6 Å². The molecule has 0 heterocycles. The van der Waals surface area contributed by atoms with Gasteiger partial charge in [-0.1, -0.05) is 18.2 Å². The summed E-state index contributed by atoms with van der Waals surface area (Å²) in [4.78, 5) is 11.1. The van der Waals surface area contributed by atoms with Crippen molar-refractivity contribution in [2.75, 3.05) is 13.7 Å². The Bertz CT molecular complexity index is 635. The quantitative estimate of drug-likeness (QED) is 0.753. The van der Waals surface area contributed by atoms with Crippen LogP contribution < -0.4 is 14.2 Å². The highest BCUT2D eigenvalue weighted by Gasteiger charge is 2.15. The number of aldehydes is 1. The van der Waals surface area contributed by atoms with E-state index in [0.717, 1.165) is 11.8 Å². The van der Waals surface area contributed by atoms with Crippen LogP contribution in [0.3, 0.4) is 0 Å². The van der Waals surface area contributed by atoms with E-state index in [-0.39, 0.29) is 0 Å². The molecule has 0 radical (unpaired) electrons. The number of carbonyl (C=O) groups is 1. The van der Waals surface area contributed by atoms with Crippen LogP contribution in [0.25, 0.3) is 0 Å². The molecule has 4 heteroatoms. The van der Waals surface area contributed by atoms with Crippen LogP contribution >= 0.6 is 0 Å². The molecule has 0 aromatic heterocycles. The molecule has 0 unspecified atom stereocenters. The number of carbonyl (C=O) groups excluding carboxylic acids is 1. The van der Waals surface area contributed by atoms with E-state index in [1.54, 1.807) is 12.1 Å². The van der Waals surface area contributed by atoms with Crippen molar-refractivity contribution < 1.29 is 19.0 Å². The first-order valence-electron chi connectivity index (χ1n) is 6.73. The monoisotopic (exact) mass is 286 g/mol. The average molecular weight is 286 g/mol. The number of hydrogen-bond acceptors (Lipinski definition) is 4. The van der Waals surface area contributed by atoms with E-state index in [2.05, 4.69) is 0 Å². The second kappa shape index (κ2) is 6.79. The van der Waals surface area contributed by atoms with Gasteiger partial charge in [-0.25, -0.2) is 0 Å². The molecule has 2 aromatic rings. The topological polar surface area (TPSA) is 44.8 Å². The number of rotatable bonds is 6. The van der Waals surface area contributed by atoms with Crippen LogP contribution in [0.5, 0.6) is 23.0 Å². The van der Waals surface area contributed by atoms with Crippen molar-refractivity contribution in [3.8, 4) is 23.0 Å². The maximum atomic E-state index is 11.1. The smallest absolute Gasteiger partial charge is 0.204 e. The summed E-state index contributed by atoms with van der Waals surface area (Å²) in [5, 5.41) is 0. The molecule has 4 nitrogen and oxygen atoms in total. The SMILES string of the molecule is CCOc1c(OC)cc(C=O)cc1Oc1ccccc1C. The van der Waals surface area contributed by atoms with Crippen LogP contribution in [0.1, 0.15) is 22.8 Å². The molecule has 21 heavy (non-hydrogen) atoms. The minimum atomic E-state index is 0.465. The van der Waals surface area contributed by atoms with Gasteiger partial charge < -0.3 is 14.2 Å². The van der Waals surface area contributed by atoms with Crippen LogP contribution in [-0.4, -0.2) is 20.0 Å². The van der Waals surface area contributed by atoms with Crippen molar-refractivity contribution in [1.29, 1.82) is 0 Å². The van der Waals surface area contributed by atoms with Crippen LogP contribution in [0.15, 0.2) is 36.4 Å². The molecule has 0 spiro atoms. The van der Waals surface area contributed by atoms with Crippen molar-refractivity contribution in [3.63, 3.8) is 0 Å². The lowest BCUT2D eigenvalue weighted by atomic mass is 10.2. The third-order valence-corrected chi connectivity index (χ3v) is 3.00. The summed E-state index contributed by atoms with van der Waals surface area (Å²) in [5.74, 6) is 2.15. The molecule has 0 saturated heterocycles. The Hall–Kier alpha value is -2.49. The molecule has 0 amide bonds. The first kappa shape index (κ1) is 14.9. The number of methoxy groups -OCH3 is 1. The van der Waals surface area contributed by atoms with Crippen molar-refractivity contribution >= 4 is 6.29 Å². The lowest BCUT2D eigenvalue weighted by Gasteiger charge is -2.16. The third-order valence-electron chi connectivity index (χ3n) is 3.00. The fourth-order valence-electron chi connectivity index (χ4n) is 1.97. The fourth-order valence-corrected chi connectivity index (χ4v) is 1.97. The lowest BCUT2D eigenvalue weighted by Crippen LogP contribution is -2.00. The predicted octanol–water partition coefficient (Wildman–Crippen LogP) is 4.01. The molecular formula is C17H18O4. The summed E-state index contributed by atoms with van der Waals surface area (Å²) in [6.07, 6.45) is 0.753. The number of aryl methyl sites for hydroxylation is 1. The minimum Gasteiger partial charge on any atom is -0.493 e. The number of ether oxygens (including phenoxy) is 3. The summed E-state index contributed by atoms with van der Waals surface area (Å²) in [6.45, 7) is 4.31. The molecule has 0 saturated carbocycles. The molecule has 0 atom stereocenters. The van der Waals surface area contributed by atoms with Crippen LogP contribution in [-0.2, 0) is 0 Å². The van der Waals surface area contributed by atoms with Gasteiger partial charge in [0.2, 0.25) is 5.75 Å². The number of para-hydroxylation sites is 1. The first-order valence-corrected chi connectivity index (χ1v) is 6.73. The molecular weight excluding hydrogens is 268 g/mol. The van der Waals surface area contributed by atoms with Gasteiger partial charge in [-0.3, -0.25) is 4.79 Å². The zero-order chi connectivity index (χ0) is 15.2. The Kier molecular flexibility index (Phi) is 4.82. The van der Waals surface area contributed by atoms with Gasteiger partial charge in [0, 0.05) is 5.56 Å². The third kappa shape index (κ3) is 3.34. The highest BCUT2D eigenvalue weighted by atomic mass is 16.5. The van der Waals surface area contributed by atoms with Crippen molar-refractivity contribution in [1.82, 2.24) is 0 Å². The maximum Gasteiger partial charge on any atom is 0.204 e. The zero-order valence-corrected chi connectivity index (χ0v) is 12.4. The molecule has 2 rings (SSSR count). The molecule has 0 aliphatic heterocycles. The summed E-state index contributed by atoms with van der Waals surface area (Å²) < 4.78 is 16.8. The van der Waals surface area contributed by atoms with E-state index in [1.807, 2.05) is 38.1 Å². The average Bonchev–Trinajstić information content (AvgIpc) is 2.51. The van der Waals surface area contributed by atoms with Crippen LogP contribution in [0.2, 0.25) is 0 Å². The number of hydrogen-bond donors (Lipinski definition) is 0. The Morgan fingerprint density at radius 2 is 1.81 bits per heavy atom. The van der Waals surface area contributed by atoms with Gasteiger partial charge in [0.1, 0.15) is 12.0 Å². The second-order valence-electron chi connectivity index (χ2n) is 4.47. The normalized spacial score (nSPS) is 10.0. The Labute approximate surface area is 124 Å². The molecule has 0 fully saturated rings. The maximum absolute atomic E-state index is 11.1. The largest absolute Gasteiger partial charge is 0.493 e. The Morgan fingerprint density at radius 3 is 2.43 bits per heavy atom. The van der Waals surface area contributed by atoms with E-state index >= 15 is 0 Å². The van der Waals surface area contributed by atoms with Crippen molar-refractivity contribution in [2.45, 2.75) is 13.8 Å². The van der Waals surface area contributed by atoms with Gasteiger partial charge in [0.15, 0.2) is 11.5 Å². The summed E-state index contributed by atoms with van der Waals surface area (Å²) >= 11 is 0. The van der Waals surface area contributed by atoms with Gasteiger partial charge >= 0.3 is 0 Å². The minimum absolute atomic E-state index is 0.465. The molecule has 2 aromatic carbocycles. The van der Waals surface area contributed by atoms with Crippen molar-refractivity contribution in [2.24, 2.45) is 0 Å². The van der Waals surface area contributed by atoms with E-state index in [4.69, 9.17) is 14.2 Å². The predicted molar refractivity (Wildman–Crippen MR) is 80.8 cm³/mol. The van der Waals surface area contributed by atoms with Crippen LogP contribution in [0, 0.1) is 6.92 Å². The fraction of sp³-hybridized carbons (Fsp3) is 0.235. The van der Waals surface area contributed by atoms with Gasteiger partial charge in [-0.15, -0.1) is 0 Å². The standard InChI is InChI=1S/C17H18O4/c1-4-20-17-15(19-3)9-13(11-18)10-16(17)21-14-8-6-5-7-12(14)2/h5-11H,4H2,1-3H3. The second-order valence-corrected chi connectivity index (χ2v) is 4.47. The van der Waals surface area contributed by atoms with E-state index < -0.39 is 0 Å². The zero-order valence-electron chi connectivity index (χ0n) is 12.4. The molecule has 0 bridgehead atoms. The van der Waals surface area contributed by atoms with Crippen LogP contribution in [0.4, 0.5) is 0 Å². The Morgan fingerprint density at radius 1 is 1.10 bits per heavy atom. The highest BCUT2D eigenvalue weighted by Crippen LogP contribution is 2.41. The van der Waals surface area contributed by atoms with Crippen molar-refractivity contribution in [3.05, 3.63) is 47.5 Å². The summed E-state index contributed by atoms with van der Waals surface area (Å²) in [6, 6.07) is 10.9. The first-order chi connectivity index (χ1) is 10.2. The van der Waals surface area contributed by atoms with Gasteiger partial charge in [0.25, 0.3) is 0 Å². The molecule has 0 N–H and O–H groups in total. The van der Waals surface area contributed by atoms with E-state index in [1.165, 1.54) is 7.11 Å². The number of benzene rings is 2. The summed E-state index contributed by atoms with van der Waals surface area (Å²) in [5.41, 5.74) is 1.47. The molecule has 110 valence electrons. The lowest BCUT2D eigenvalue weighted by molar-refractivity contribution is 0.112.